The van der Waals surface area contributed by atoms with Crippen LogP contribution < -0.4 is 24.8 Å². The molecule has 0 unspecified atom stereocenters. The Hall–Kier alpha value is -4.60. The van der Waals surface area contributed by atoms with Crippen molar-refractivity contribution in [3.8, 4) is 17.2 Å². The largest absolute Gasteiger partial charge is 0.497 e. The number of ether oxygens (including phenoxy) is 3. The van der Waals surface area contributed by atoms with Crippen LogP contribution in [0.3, 0.4) is 0 Å². The molecule has 1 aliphatic heterocycles. The summed E-state index contributed by atoms with van der Waals surface area (Å²) in [4.78, 5) is 46.3. The zero-order chi connectivity index (χ0) is 30.0. The third kappa shape index (κ3) is 8.03. The summed E-state index contributed by atoms with van der Waals surface area (Å²) in [5.41, 5.74) is 1.48. The molecule has 1 aromatic heterocycles. The molecular weight excluding hydrogens is 548 g/mol. The van der Waals surface area contributed by atoms with Gasteiger partial charge in [-0.3, -0.25) is 14.4 Å². The van der Waals surface area contributed by atoms with Crippen LogP contribution in [0.4, 0.5) is 5.82 Å². The Labute approximate surface area is 251 Å². The Balaban J connectivity index is 1.38. The minimum absolute atomic E-state index is 0.0692. The Morgan fingerprint density at radius 2 is 1.77 bits per heavy atom. The second-order valence-electron chi connectivity index (χ2n) is 10.8. The summed E-state index contributed by atoms with van der Waals surface area (Å²) in [6, 6.07) is 17.2. The van der Waals surface area contributed by atoms with E-state index in [1.807, 2.05) is 30.3 Å². The predicted octanol–water partition coefficient (Wildman–Crippen LogP) is 5.15. The number of nitrogens with one attached hydrogen (secondary N) is 2. The summed E-state index contributed by atoms with van der Waals surface area (Å²) in [7, 11) is 1.59. The number of rotatable bonds is 12. The highest BCUT2D eigenvalue weighted by atomic mass is 16.7. The number of amides is 3. The zero-order valence-electron chi connectivity index (χ0n) is 24.4. The highest BCUT2D eigenvalue weighted by Gasteiger charge is 2.33. The average Bonchev–Trinajstić information content (AvgIpc) is 3.50. The maximum atomic E-state index is 14.0. The lowest BCUT2D eigenvalue weighted by Crippen LogP contribution is -2.46. The molecule has 226 valence electrons. The number of nitrogens with zero attached hydrogens (tertiary/aromatic N) is 2. The molecule has 2 aromatic carbocycles. The van der Waals surface area contributed by atoms with E-state index in [-0.39, 0.29) is 49.9 Å². The van der Waals surface area contributed by atoms with Gasteiger partial charge in [0.1, 0.15) is 17.6 Å². The lowest BCUT2D eigenvalue weighted by atomic mass is 9.94. The number of carbonyl (C=O) groups is 3. The number of hydrogen-bond acceptors (Lipinski definition) is 7. The Morgan fingerprint density at radius 1 is 0.977 bits per heavy atom. The maximum absolute atomic E-state index is 14.0. The quantitative estimate of drug-likeness (QED) is 0.301. The van der Waals surface area contributed by atoms with Crippen LogP contribution in [0.15, 0.2) is 66.9 Å². The number of aromatic nitrogens is 1. The van der Waals surface area contributed by atoms with Gasteiger partial charge in [-0.25, -0.2) is 4.98 Å². The lowest BCUT2D eigenvalue weighted by molar-refractivity contribution is -0.142. The van der Waals surface area contributed by atoms with Gasteiger partial charge in [-0.1, -0.05) is 43.5 Å². The Kier molecular flexibility index (Phi) is 10.1. The smallest absolute Gasteiger partial charge is 0.247 e. The molecule has 3 aromatic rings. The van der Waals surface area contributed by atoms with Crippen LogP contribution in [-0.2, 0) is 20.9 Å². The molecule has 43 heavy (non-hydrogen) atoms. The van der Waals surface area contributed by atoms with Gasteiger partial charge in [-0.2, -0.15) is 0 Å². The topological polar surface area (TPSA) is 119 Å². The zero-order valence-corrected chi connectivity index (χ0v) is 24.4. The third-order valence-corrected chi connectivity index (χ3v) is 7.78. The van der Waals surface area contributed by atoms with Gasteiger partial charge in [0.15, 0.2) is 11.5 Å². The van der Waals surface area contributed by atoms with Crippen molar-refractivity contribution in [3.63, 3.8) is 0 Å². The summed E-state index contributed by atoms with van der Waals surface area (Å²) < 4.78 is 16.4. The standard InChI is InChI=1S/C33H38N4O6/c1-41-26-16-14-24(15-17-26)32(33(40)35-25-8-3-2-4-9-25)37(21-23-13-18-27-28(20-23)43-22-42-27)31(39)12-7-11-30(38)36-29-10-5-6-19-34-29/h5-6,10,13-20,25,32H,2-4,7-9,11-12,21-22H2,1H3,(H,35,40)(H,34,36,38)/t32-/m1/s1. The number of hydrogen-bond donors (Lipinski definition) is 2. The minimum Gasteiger partial charge on any atom is -0.497 e. The van der Waals surface area contributed by atoms with Crippen molar-refractivity contribution in [2.45, 2.75) is 70.0 Å². The van der Waals surface area contributed by atoms with Crippen LogP contribution in [0.2, 0.25) is 0 Å². The maximum Gasteiger partial charge on any atom is 0.247 e. The summed E-state index contributed by atoms with van der Waals surface area (Å²) in [5, 5.41) is 5.99. The summed E-state index contributed by atoms with van der Waals surface area (Å²) in [6.07, 6.45) is 7.28. The minimum atomic E-state index is -0.881. The van der Waals surface area contributed by atoms with Crippen LogP contribution in [0.5, 0.6) is 17.2 Å². The van der Waals surface area contributed by atoms with Gasteiger partial charge in [0.05, 0.1) is 7.11 Å². The number of pyridine rings is 1. The molecule has 1 fully saturated rings. The van der Waals surface area contributed by atoms with E-state index in [0.717, 1.165) is 37.7 Å². The van der Waals surface area contributed by atoms with Gasteiger partial charge in [-0.05, 0) is 66.8 Å². The van der Waals surface area contributed by atoms with Crippen LogP contribution in [0, 0.1) is 0 Å². The van der Waals surface area contributed by atoms with E-state index in [9.17, 15) is 14.4 Å². The van der Waals surface area contributed by atoms with Crippen molar-refractivity contribution in [1.82, 2.24) is 15.2 Å². The Bertz CT molecular complexity index is 1390. The third-order valence-electron chi connectivity index (χ3n) is 7.78. The summed E-state index contributed by atoms with van der Waals surface area (Å²) >= 11 is 0. The second-order valence-corrected chi connectivity index (χ2v) is 10.8. The van der Waals surface area contributed by atoms with Gasteiger partial charge in [0, 0.05) is 31.6 Å². The van der Waals surface area contributed by atoms with Gasteiger partial charge < -0.3 is 29.7 Å². The van der Waals surface area contributed by atoms with E-state index in [2.05, 4.69) is 15.6 Å². The van der Waals surface area contributed by atoms with Gasteiger partial charge in [-0.15, -0.1) is 0 Å². The van der Waals surface area contributed by atoms with E-state index in [4.69, 9.17) is 14.2 Å². The molecule has 0 bridgehead atoms. The molecule has 5 rings (SSSR count). The molecule has 0 radical (unpaired) electrons. The van der Waals surface area contributed by atoms with E-state index in [1.54, 1.807) is 48.5 Å². The lowest BCUT2D eigenvalue weighted by Gasteiger charge is -2.33. The van der Waals surface area contributed by atoms with Crippen molar-refractivity contribution < 1.29 is 28.6 Å². The molecule has 1 saturated carbocycles. The van der Waals surface area contributed by atoms with Crippen molar-refractivity contribution in [1.29, 1.82) is 0 Å². The number of anilines is 1. The van der Waals surface area contributed by atoms with Gasteiger partial charge >= 0.3 is 0 Å². The van der Waals surface area contributed by atoms with E-state index >= 15 is 0 Å². The first-order valence-electron chi connectivity index (χ1n) is 14.8. The SMILES string of the molecule is COc1ccc([C@H](C(=O)NC2CCCCC2)N(Cc2ccc3c(c2)OCO3)C(=O)CCCC(=O)Nc2ccccn2)cc1. The molecule has 10 nitrogen and oxygen atoms in total. The molecule has 1 aliphatic carbocycles. The van der Waals surface area contributed by atoms with Crippen molar-refractivity contribution in [2.24, 2.45) is 0 Å². The Morgan fingerprint density at radius 3 is 2.51 bits per heavy atom. The molecule has 10 heteroatoms. The summed E-state index contributed by atoms with van der Waals surface area (Å²) in [6.45, 7) is 0.310. The van der Waals surface area contributed by atoms with Gasteiger partial charge in [0.2, 0.25) is 24.5 Å². The molecule has 0 spiro atoms. The number of fused-ring (bicyclic) bond motifs is 1. The molecule has 2 aliphatic rings. The highest BCUT2D eigenvalue weighted by molar-refractivity contribution is 5.91. The first-order chi connectivity index (χ1) is 21.0. The molecule has 2 N–H and O–H groups in total. The predicted molar refractivity (Wildman–Crippen MR) is 161 cm³/mol. The van der Waals surface area contributed by atoms with Crippen LogP contribution in [0.25, 0.3) is 0 Å². The van der Waals surface area contributed by atoms with Crippen LogP contribution in [-0.4, -0.2) is 47.6 Å². The average molecular weight is 587 g/mol. The number of benzene rings is 2. The molecule has 1 atom stereocenters. The molecule has 0 saturated heterocycles. The van der Waals surface area contributed by atoms with E-state index < -0.39 is 6.04 Å². The molecule has 2 heterocycles. The first kappa shape index (κ1) is 29.9. The fourth-order valence-corrected chi connectivity index (χ4v) is 5.53. The normalized spacial score (nSPS) is 14.9. The van der Waals surface area contributed by atoms with Crippen LogP contribution >= 0.6 is 0 Å². The molecular formula is C33H38N4O6. The van der Waals surface area contributed by atoms with Crippen molar-refractivity contribution >= 4 is 23.5 Å². The highest BCUT2D eigenvalue weighted by Crippen LogP contribution is 2.34. The molecule has 3 amide bonds. The monoisotopic (exact) mass is 586 g/mol. The van der Waals surface area contributed by atoms with Crippen molar-refractivity contribution in [3.05, 3.63) is 78.0 Å². The van der Waals surface area contributed by atoms with Gasteiger partial charge in [0.25, 0.3) is 0 Å². The fourth-order valence-electron chi connectivity index (χ4n) is 5.53. The van der Waals surface area contributed by atoms with E-state index in [0.29, 0.717) is 35.1 Å². The van der Waals surface area contributed by atoms with E-state index in [1.165, 1.54) is 0 Å². The fraction of sp³-hybridized carbons (Fsp3) is 0.394. The van der Waals surface area contributed by atoms with Crippen molar-refractivity contribution in [2.75, 3.05) is 19.2 Å². The second kappa shape index (κ2) is 14.5. The number of carbonyl (C=O) groups excluding carboxylic acids is 3. The summed E-state index contributed by atoms with van der Waals surface area (Å²) in [5.74, 6) is 1.67. The van der Waals surface area contributed by atoms with Crippen LogP contribution in [0.1, 0.15) is 68.5 Å². The first-order valence-corrected chi connectivity index (χ1v) is 14.8. The number of methoxy groups -OCH3 is 1.